The van der Waals surface area contributed by atoms with Gasteiger partial charge in [-0.3, -0.25) is 4.79 Å². The van der Waals surface area contributed by atoms with Gasteiger partial charge < -0.3 is 15.4 Å². The minimum atomic E-state index is 0. The van der Waals surface area contributed by atoms with Gasteiger partial charge >= 0.3 is 0 Å². The normalized spacial score (nSPS) is 9.39. The van der Waals surface area contributed by atoms with Crippen LogP contribution >= 0.6 is 12.4 Å². The van der Waals surface area contributed by atoms with E-state index in [9.17, 15) is 4.79 Å². The summed E-state index contributed by atoms with van der Waals surface area (Å²) in [6.07, 6.45) is 1.42. The number of rotatable bonds is 8. The zero-order valence-corrected chi connectivity index (χ0v) is 11.5. The molecule has 0 fully saturated rings. The smallest absolute Gasteiger partial charge is 0.220 e. The summed E-state index contributed by atoms with van der Waals surface area (Å²) in [6, 6.07) is 9.58. The fourth-order valence-corrected chi connectivity index (χ4v) is 1.39. The molecule has 0 heterocycles. The van der Waals surface area contributed by atoms with Gasteiger partial charge in [-0.15, -0.1) is 12.4 Å². The summed E-state index contributed by atoms with van der Waals surface area (Å²) < 4.78 is 5.45. The number of hydrogen-bond acceptors (Lipinski definition) is 3. The molecule has 102 valence electrons. The molecule has 1 amide bonds. The summed E-state index contributed by atoms with van der Waals surface area (Å²) in [5, 5.41) is 5.83. The lowest BCUT2D eigenvalue weighted by Crippen LogP contribution is -2.28. The molecule has 0 atom stereocenters. The van der Waals surface area contributed by atoms with E-state index in [1.807, 2.05) is 37.4 Å². The van der Waals surface area contributed by atoms with Crippen LogP contribution in [0.25, 0.3) is 0 Å². The summed E-state index contributed by atoms with van der Waals surface area (Å²) in [5.74, 6) is 0.911. The topological polar surface area (TPSA) is 50.4 Å². The predicted octanol–water partition coefficient (Wildman–Crippen LogP) is 1.60. The highest BCUT2D eigenvalue weighted by atomic mass is 35.5. The Kier molecular flexibility index (Phi) is 10.1. The van der Waals surface area contributed by atoms with E-state index >= 15 is 0 Å². The summed E-state index contributed by atoms with van der Waals surface area (Å²) in [4.78, 5) is 11.3. The standard InChI is InChI=1S/C13H20N2O2.ClH/c1-14-9-5-8-13(16)15-10-11-17-12-6-3-2-4-7-12;/h2-4,6-7,14H,5,8-11H2,1H3,(H,15,16);1H. The minimum Gasteiger partial charge on any atom is -0.492 e. The molecule has 2 N–H and O–H groups in total. The van der Waals surface area contributed by atoms with Gasteiger partial charge in [0.05, 0.1) is 6.54 Å². The minimum absolute atomic E-state index is 0. The average molecular weight is 273 g/mol. The van der Waals surface area contributed by atoms with Crippen LogP contribution in [-0.4, -0.2) is 32.7 Å². The number of hydrogen-bond donors (Lipinski definition) is 2. The van der Waals surface area contributed by atoms with Crippen molar-refractivity contribution in [3.63, 3.8) is 0 Å². The molecule has 0 saturated heterocycles. The largest absolute Gasteiger partial charge is 0.492 e. The Morgan fingerprint density at radius 3 is 2.61 bits per heavy atom. The van der Waals surface area contributed by atoms with Gasteiger partial charge in [0.25, 0.3) is 0 Å². The molecular formula is C13H21ClN2O2. The number of nitrogens with one attached hydrogen (secondary N) is 2. The molecule has 0 radical (unpaired) electrons. The van der Waals surface area contributed by atoms with E-state index in [1.165, 1.54) is 0 Å². The number of amides is 1. The van der Waals surface area contributed by atoms with Gasteiger partial charge in [-0.2, -0.15) is 0 Å². The van der Waals surface area contributed by atoms with Gasteiger partial charge in [-0.05, 0) is 32.1 Å². The second-order valence-electron chi connectivity index (χ2n) is 3.72. The molecule has 0 aliphatic heterocycles. The molecule has 0 aliphatic carbocycles. The third kappa shape index (κ3) is 7.92. The van der Waals surface area contributed by atoms with Crippen molar-refractivity contribution in [2.45, 2.75) is 12.8 Å². The first-order chi connectivity index (χ1) is 8.33. The first-order valence-electron chi connectivity index (χ1n) is 5.92. The van der Waals surface area contributed by atoms with Crippen molar-refractivity contribution >= 4 is 18.3 Å². The number of benzene rings is 1. The maximum Gasteiger partial charge on any atom is 0.220 e. The quantitative estimate of drug-likeness (QED) is 0.707. The van der Waals surface area contributed by atoms with Crippen molar-refractivity contribution in [1.82, 2.24) is 10.6 Å². The Morgan fingerprint density at radius 1 is 1.22 bits per heavy atom. The van der Waals surface area contributed by atoms with Crippen molar-refractivity contribution in [3.8, 4) is 5.75 Å². The van der Waals surface area contributed by atoms with Crippen LogP contribution in [0.5, 0.6) is 5.75 Å². The van der Waals surface area contributed by atoms with Gasteiger partial charge in [0.1, 0.15) is 12.4 Å². The van der Waals surface area contributed by atoms with E-state index < -0.39 is 0 Å². The first kappa shape index (κ1) is 16.7. The van der Waals surface area contributed by atoms with Crippen molar-refractivity contribution in [2.24, 2.45) is 0 Å². The lowest BCUT2D eigenvalue weighted by atomic mass is 10.3. The fourth-order valence-electron chi connectivity index (χ4n) is 1.39. The molecular weight excluding hydrogens is 252 g/mol. The van der Waals surface area contributed by atoms with Crippen LogP contribution in [0.2, 0.25) is 0 Å². The Labute approximate surface area is 115 Å². The SMILES string of the molecule is CNCCCC(=O)NCCOc1ccccc1.Cl. The highest BCUT2D eigenvalue weighted by Crippen LogP contribution is 2.07. The number of para-hydroxylation sites is 1. The third-order valence-corrected chi connectivity index (χ3v) is 2.27. The Hall–Kier alpha value is -1.26. The molecule has 0 aromatic heterocycles. The van der Waals surface area contributed by atoms with Crippen LogP contribution in [0.1, 0.15) is 12.8 Å². The van der Waals surface area contributed by atoms with E-state index in [1.54, 1.807) is 0 Å². The molecule has 0 aliphatic rings. The second kappa shape index (κ2) is 10.9. The van der Waals surface area contributed by atoms with E-state index in [0.29, 0.717) is 19.6 Å². The Balaban J connectivity index is 0.00000289. The molecule has 1 rings (SSSR count). The zero-order valence-electron chi connectivity index (χ0n) is 10.6. The van der Waals surface area contributed by atoms with Gasteiger partial charge in [0, 0.05) is 6.42 Å². The van der Waals surface area contributed by atoms with Crippen LogP contribution in [0, 0.1) is 0 Å². The molecule has 1 aromatic rings. The Bertz CT molecular complexity index is 320. The summed E-state index contributed by atoms with van der Waals surface area (Å²) in [6.45, 7) is 1.92. The van der Waals surface area contributed by atoms with Crippen molar-refractivity contribution in [3.05, 3.63) is 30.3 Å². The third-order valence-electron chi connectivity index (χ3n) is 2.27. The number of carbonyl (C=O) groups excluding carboxylic acids is 1. The molecule has 0 unspecified atom stereocenters. The van der Waals surface area contributed by atoms with Gasteiger partial charge in [-0.25, -0.2) is 0 Å². The van der Waals surface area contributed by atoms with Crippen LogP contribution < -0.4 is 15.4 Å². The molecule has 0 saturated carbocycles. The average Bonchev–Trinajstić information content (AvgIpc) is 2.36. The van der Waals surface area contributed by atoms with Gasteiger partial charge in [0.15, 0.2) is 0 Å². The van der Waals surface area contributed by atoms with Crippen molar-refractivity contribution < 1.29 is 9.53 Å². The van der Waals surface area contributed by atoms with Crippen LogP contribution in [0.15, 0.2) is 30.3 Å². The summed E-state index contributed by atoms with van der Waals surface area (Å²) in [7, 11) is 1.88. The maximum atomic E-state index is 11.3. The number of carbonyl (C=O) groups is 1. The summed E-state index contributed by atoms with van der Waals surface area (Å²) >= 11 is 0. The fraction of sp³-hybridized carbons (Fsp3) is 0.462. The molecule has 0 spiro atoms. The van der Waals surface area contributed by atoms with E-state index in [0.717, 1.165) is 18.7 Å². The van der Waals surface area contributed by atoms with Crippen LogP contribution in [0.3, 0.4) is 0 Å². The lowest BCUT2D eigenvalue weighted by molar-refractivity contribution is -0.121. The first-order valence-corrected chi connectivity index (χ1v) is 5.92. The highest BCUT2D eigenvalue weighted by molar-refractivity contribution is 5.85. The van der Waals surface area contributed by atoms with E-state index in [2.05, 4.69) is 10.6 Å². The van der Waals surface area contributed by atoms with Gasteiger partial charge in [-0.1, -0.05) is 18.2 Å². The molecule has 18 heavy (non-hydrogen) atoms. The van der Waals surface area contributed by atoms with Gasteiger partial charge in [0.2, 0.25) is 5.91 Å². The predicted molar refractivity (Wildman–Crippen MR) is 75.4 cm³/mol. The molecule has 0 bridgehead atoms. The summed E-state index contributed by atoms with van der Waals surface area (Å²) in [5.41, 5.74) is 0. The maximum absolute atomic E-state index is 11.3. The van der Waals surface area contributed by atoms with Crippen LogP contribution in [0.4, 0.5) is 0 Å². The monoisotopic (exact) mass is 272 g/mol. The number of ether oxygens (including phenoxy) is 1. The van der Waals surface area contributed by atoms with E-state index in [-0.39, 0.29) is 18.3 Å². The molecule has 4 nitrogen and oxygen atoms in total. The van der Waals surface area contributed by atoms with Crippen molar-refractivity contribution in [1.29, 1.82) is 0 Å². The highest BCUT2D eigenvalue weighted by Gasteiger charge is 1.99. The molecule has 1 aromatic carbocycles. The second-order valence-corrected chi connectivity index (χ2v) is 3.72. The zero-order chi connectivity index (χ0) is 12.3. The van der Waals surface area contributed by atoms with Crippen LogP contribution in [-0.2, 0) is 4.79 Å². The lowest BCUT2D eigenvalue weighted by Gasteiger charge is -2.07. The van der Waals surface area contributed by atoms with Crippen molar-refractivity contribution in [2.75, 3.05) is 26.7 Å². The molecule has 5 heteroatoms. The van der Waals surface area contributed by atoms with E-state index in [4.69, 9.17) is 4.74 Å². The number of halogens is 1. The Morgan fingerprint density at radius 2 is 1.94 bits per heavy atom.